The number of hydrogen-bond donors (Lipinski definition) is 1. The highest BCUT2D eigenvalue weighted by atomic mass is 14.9. The van der Waals surface area contributed by atoms with Crippen molar-refractivity contribution in [3.8, 4) is 0 Å². The average Bonchev–Trinajstić information content (AvgIpc) is 2.49. The van der Waals surface area contributed by atoms with E-state index in [1.54, 1.807) is 11.1 Å². The highest BCUT2D eigenvalue weighted by molar-refractivity contribution is 5.27. The maximum absolute atomic E-state index is 3.34. The Balaban J connectivity index is 2.14. The average molecular weight is 109 g/mol. The van der Waals surface area contributed by atoms with Gasteiger partial charge in [0.05, 0.1) is 0 Å². The van der Waals surface area contributed by atoms with Crippen LogP contribution in [0.3, 0.4) is 0 Å². The fraction of sp³-hybridized carbons (Fsp3) is 0.714. The van der Waals surface area contributed by atoms with Gasteiger partial charge in [-0.2, -0.15) is 0 Å². The molecule has 1 N–H and O–H groups in total. The third-order valence-electron chi connectivity index (χ3n) is 1.94. The van der Waals surface area contributed by atoms with E-state index in [1.165, 1.54) is 32.4 Å². The molecule has 0 aromatic rings. The van der Waals surface area contributed by atoms with E-state index in [0.717, 1.165) is 0 Å². The first-order valence-electron chi connectivity index (χ1n) is 3.37. The summed E-state index contributed by atoms with van der Waals surface area (Å²) in [6, 6.07) is 0. The number of rotatable bonds is 0. The quantitative estimate of drug-likeness (QED) is 0.459. The molecule has 0 unspecified atom stereocenters. The normalized spacial score (nSPS) is 27.0. The van der Waals surface area contributed by atoms with Gasteiger partial charge in [-0.05, 0) is 25.8 Å². The molecule has 1 aliphatic carbocycles. The number of allylic oxidation sites excluding steroid dienone is 1. The lowest BCUT2D eigenvalue weighted by Crippen LogP contribution is -2.04. The fourth-order valence-corrected chi connectivity index (χ4v) is 1.28. The minimum Gasteiger partial charge on any atom is -0.313 e. The minimum absolute atomic E-state index is 1.19. The lowest BCUT2D eigenvalue weighted by atomic mass is 10.2. The summed E-state index contributed by atoms with van der Waals surface area (Å²) in [6.45, 7) is 2.41. The van der Waals surface area contributed by atoms with E-state index in [2.05, 4.69) is 5.32 Å². The smallest absolute Gasteiger partial charge is 0.0167 e. The van der Waals surface area contributed by atoms with Crippen molar-refractivity contribution in [2.75, 3.05) is 13.1 Å². The summed E-state index contributed by atoms with van der Waals surface area (Å²) in [4.78, 5) is 0. The zero-order valence-corrected chi connectivity index (χ0v) is 5.04. The SMILES string of the molecule is C1CC(=C2CC2)CN1. The van der Waals surface area contributed by atoms with Crippen molar-refractivity contribution in [3.63, 3.8) is 0 Å². The summed E-state index contributed by atoms with van der Waals surface area (Å²) < 4.78 is 0. The Kier molecular flexibility index (Phi) is 0.908. The zero-order chi connectivity index (χ0) is 5.40. The van der Waals surface area contributed by atoms with Crippen LogP contribution < -0.4 is 5.32 Å². The zero-order valence-electron chi connectivity index (χ0n) is 5.04. The molecule has 0 aromatic carbocycles. The Labute approximate surface area is 49.8 Å². The van der Waals surface area contributed by atoms with Crippen LogP contribution in [-0.2, 0) is 0 Å². The van der Waals surface area contributed by atoms with Crippen LogP contribution >= 0.6 is 0 Å². The van der Waals surface area contributed by atoms with Crippen molar-refractivity contribution in [1.29, 1.82) is 0 Å². The van der Waals surface area contributed by atoms with Gasteiger partial charge < -0.3 is 5.32 Å². The van der Waals surface area contributed by atoms with Crippen molar-refractivity contribution < 1.29 is 0 Å². The molecule has 1 heteroatoms. The van der Waals surface area contributed by atoms with E-state index in [-0.39, 0.29) is 0 Å². The van der Waals surface area contributed by atoms with E-state index < -0.39 is 0 Å². The Morgan fingerprint density at radius 3 is 2.38 bits per heavy atom. The Morgan fingerprint density at radius 2 is 1.88 bits per heavy atom. The molecule has 0 radical (unpaired) electrons. The summed E-state index contributed by atoms with van der Waals surface area (Å²) in [5, 5.41) is 3.34. The van der Waals surface area contributed by atoms with E-state index in [4.69, 9.17) is 0 Å². The third kappa shape index (κ3) is 0.671. The maximum atomic E-state index is 3.34. The molecule has 2 aliphatic rings. The molecule has 0 atom stereocenters. The van der Waals surface area contributed by atoms with Crippen LogP contribution in [0.25, 0.3) is 0 Å². The van der Waals surface area contributed by atoms with Crippen molar-refractivity contribution in [1.82, 2.24) is 5.32 Å². The van der Waals surface area contributed by atoms with Crippen LogP contribution in [0.5, 0.6) is 0 Å². The number of nitrogens with one attached hydrogen (secondary N) is 1. The minimum atomic E-state index is 1.19. The van der Waals surface area contributed by atoms with Crippen LogP contribution in [0.4, 0.5) is 0 Å². The molecule has 1 saturated heterocycles. The van der Waals surface area contributed by atoms with E-state index in [0.29, 0.717) is 0 Å². The molecule has 1 nitrogen and oxygen atoms in total. The van der Waals surface area contributed by atoms with E-state index in [1.807, 2.05) is 0 Å². The molecule has 0 amide bonds. The van der Waals surface area contributed by atoms with Gasteiger partial charge in [0.25, 0.3) is 0 Å². The van der Waals surface area contributed by atoms with Gasteiger partial charge in [0.15, 0.2) is 0 Å². The van der Waals surface area contributed by atoms with E-state index in [9.17, 15) is 0 Å². The van der Waals surface area contributed by atoms with Crippen molar-refractivity contribution in [3.05, 3.63) is 11.1 Å². The van der Waals surface area contributed by atoms with Crippen LogP contribution in [0.15, 0.2) is 11.1 Å². The standard InChI is InChI=1S/C7H11N/c1-2-6(1)7-3-4-8-5-7/h8H,1-5H2. The number of hydrogen-bond acceptors (Lipinski definition) is 1. The van der Waals surface area contributed by atoms with Gasteiger partial charge in [0.2, 0.25) is 0 Å². The Hall–Kier alpha value is -0.300. The molecule has 8 heavy (non-hydrogen) atoms. The second-order valence-electron chi connectivity index (χ2n) is 2.63. The molecule has 0 spiro atoms. The van der Waals surface area contributed by atoms with Gasteiger partial charge in [-0.1, -0.05) is 11.1 Å². The van der Waals surface area contributed by atoms with Gasteiger partial charge in [-0.3, -0.25) is 0 Å². The van der Waals surface area contributed by atoms with Crippen LogP contribution in [-0.4, -0.2) is 13.1 Å². The first kappa shape index (κ1) is 4.57. The second kappa shape index (κ2) is 1.59. The molecule has 0 bridgehead atoms. The molecule has 2 fully saturated rings. The summed E-state index contributed by atoms with van der Waals surface area (Å²) in [7, 11) is 0. The van der Waals surface area contributed by atoms with Gasteiger partial charge in [0, 0.05) is 6.54 Å². The van der Waals surface area contributed by atoms with Crippen LogP contribution in [0.2, 0.25) is 0 Å². The Morgan fingerprint density at radius 1 is 1.00 bits per heavy atom. The largest absolute Gasteiger partial charge is 0.313 e. The lowest BCUT2D eigenvalue weighted by molar-refractivity contribution is 0.862. The van der Waals surface area contributed by atoms with Crippen molar-refractivity contribution in [2.24, 2.45) is 0 Å². The van der Waals surface area contributed by atoms with Gasteiger partial charge in [-0.15, -0.1) is 0 Å². The highest BCUT2D eigenvalue weighted by Gasteiger charge is 2.19. The first-order valence-corrected chi connectivity index (χ1v) is 3.37. The molecular formula is C7H11N. The molecule has 1 heterocycles. The molecule has 2 rings (SSSR count). The molecule has 1 saturated carbocycles. The summed E-state index contributed by atoms with van der Waals surface area (Å²) in [5.41, 5.74) is 3.46. The predicted octanol–water partition coefficient (Wildman–Crippen LogP) is 1.07. The third-order valence-corrected chi connectivity index (χ3v) is 1.94. The van der Waals surface area contributed by atoms with Gasteiger partial charge >= 0.3 is 0 Å². The predicted molar refractivity (Wildman–Crippen MR) is 33.7 cm³/mol. The molecular weight excluding hydrogens is 98.1 g/mol. The molecule has 44 valence electrons. The Bertz CT molecular complexity index is 121. The topological polar surface area (TPSA) is 12.0 Å². The summed E-state index contributed by atoms with van der Waals surface area (Å²) in [5.74, 6) is 0. The van der Waals surface area contributed by atoms with Crippen molar-refractivity contribution in [2.45, 2.75) is 19.3 Å². The monoisotopic (exact) mass is 109 g/mol. The van der Waals surface area contributed by atoms with Crippen molar-refractivity contribution >= 4 is 0 Å². The van der Waals surface area contributed by atoms with Crippen LogP contribution in [0.1, 0.15) is 19.3 Å². The molecule has 0 aromatic heterocycles. The second-order valence-corrected chi connectivity index (χ2v) is 2.63. The van der Waals surface area contributed by atoms with Crippen LogP contribution in [0, 0.1) is 0 Å². The van der Waals surface area contributed by atoms with Gasteiger partial charge in [-0.25, -0.2) is 0 Å². The maximum Gasteiger partial charge on any atom is 0.0167 e. The van der Waals surface area contributed by atoms with Gasteiger partial charge in [0.1, 0.15) is 0 Å². The highest BCUT2D eigenvalue weighted by Crippen LogP contribution is 2.33. The first-order chi connectivity index (χ1) is 3.97. The van der Waals surface area contributed by atoms with E-state index >= 15 is 0 Å². The summed E-state index contributed by atoms with van der Waals surface area (Å²) in [6.07, 6.45) is 4.13. The lowest BCUT2D eigenvalue weighted by Gasteiger charge is -1.86. The summed E-state index contributed by atoms with van der Waals surface area (Å²) >= 11 is 0. The molecule has 1 aliphatic heterocycles. The fourth-order valence-electron chi connectivity index (χ4n) is 1.28.